The number of furan rings is 1. The number of carbonyl (C=O) groups excluding carboxylic acids is 2. The minimum Gasteiger partial charge on any atom is -0.462 e. The second-order valence-corrected chi connectivity index (χ2v) is 7.32. The van der Waals surface area contributed by atoms with Crippen molar-refractivity contribution in [1.82, 2.24) is 5.32 Å². The van der Waals surface area contributed by atoms with Crippen molar-refractivity contribution in [2.45, 2.75) is 19.8 Å². The second-order valence-electron chi connectivity index (χ2n) is 6.91. The number of hydrogen-bond acceptors (Lipinski definition) is 5. The van der Waals surface area contributed by atoms with Gasteiger partial charge in [0.1, 0.15) is 11.5 Å². The van der Waals surface area contributed by atoms with Crippen LogP contribution in [0, 0.1) is 0 Å². The smallest absolute Gasteiger partial charge is 0.338 e. The first-order chi connectivity index (χ1) is 15.5. The minimum absolute atomic E-state index is 0.141. The van der Waals surface area contributed by atoms with E-state index in [0.29, 0.717) is 23.6 Å². The predicted molar refractivity (Wildman–Crippen MR) is 129 cm³/mol. The Morgan fingerprint density at radius 2 is 1.78 bits per heavy atom. The zero-order chi connectivity index (χ0) is 22.8. The molecule has 3 aromatic rings. The number of thiocarbonyl (C=S) groups is 1. The van der Waals surface area contributed by atoms with Crippen molar-refractivity contribution in [2.75, 3.05) is 11.9 Å². The zero-order valence-corrected chi connectivity index (χ0v) is 18.5. The van der Waals surface area contributed by atoms with E-state index in [1.54, 1.807) is 36.4 Å². The van der Waals surface area contributed by atoms with Crippen molar-refractivity contribution >= 4 is 41.0 Å². The minimum atomic E-state index is -0.392. The summed E-state index contributed by atoms with van der Waals surface area (Å²) in [5.41, 5.74) is 2.06. The summed E-state index contributed by atoms with van der Waals surface area (Å²) in [5, 5.41) is 5.62. The average Bonchev–Trinajstić information content (AvgIpc) is 3.28. The molecule has 0 bridgehead atoms. The van der Waals surface area contributed by atoms with Crippen molar-refractivity contribution in [2.24, 2.45) is 0 Å². The highest BCUT2D eigenvalue weighted by Gasteiger charge is 2.08. The maximum Gasteiger partial charge on any atom is 0.338 e. The van der Waals surface area contributed by atoms with Crippen LogP contribution in [0.2, 0.25) is 0 Å². The van der Waals surface area contributed by atoms with Gasteiger partial charge in [0.25, 0.3) is 0 Å². The van der Waals surface area contributed by atoms with E-state index < -0.39 is 5.91 Å². The third-order valence-electron chi connectivity index (χ3n) is 4.43. The monoisotopic (exact) mass is 448 g/mol. The summed E-state index contributed by atoms with van der Waals surface area (Å²) in [6.07, 6.45) is 4.72. The lowest BCUT2D eigenvalue weighted by molar-refractivity contribution is -0.115. The van der Waals surface area contributed by atoms with Crippen molar-refractivity contribution in [3.05, 3.63) is 84.1 Å². The summed E-state index contributed by atoms with van der Waals surface area (Å²) in [7, 11) is 0. The highest BCUT2D eigenvalue weighted by atomic mass is 32.1. The predicted octanol–water partition coefficient (Wildman–Crippen LogP) is 5.43. The molecule has 0 atom stereocenters. The summed E-state index contributed by atoms with van der Waals surface area (Å²) >= 11 is 5.17. The van der Waals surface area contributed by atoms with Gasteiger partial charge in [0.2, 0.25) is 5.91 Å². The second kappa shape index (κ2) is 11.6. The van der Waals surface area contributed by atoms with Crippen LogP contribution in [0.3, 0.4) is 0 Å². The molecule has 1 heterocycles. The number of nitrogens with one attached hydrogen (secondary N) is 2. The Bertz CT molecular complexity index is 1090. The molecular formula is C25H24N2O4S. The summed E-state index contributed by atoms with van der Waals surface area (Å²) in [5.74, 6) is 0.524. The summed E-state index contributed by atoms with van der Waals surface area (Å²) in [6.45, 7) is 2.44. The van der Waals surface area contributed by atoms with Crippen LogP contribution >= 0.6 is 12.2 Å². The lowest BCUT2D eigenvalue weighted by Gasteiger charge is -2.09. The number of rotatable bonds is 8. The molecule has 3 rings (SSSR count). The summed E-state index contributed by atoms with van der Waals surface area (Å²) in [6, 6.07) is 20.0. The fourth-order valence-electron chi connectivity index (χ4n) is 2.76. The maximum absolute atomic E-state index is 12.1. The maximum atomic E-state index is 12.1. The number of unbranched alkanes of at least 4 members (excludes halogenated alkanes) is 1. The standard InChI is InChI=1S/C25H24N2O4S/c1-2-3-17-30-24(29)19-9-11-20(12-10-19)26-25(32)27-23(28)16-14-21-13-15-22(31-21)18-7-5-4-6-8-18/h4-16H,2-3,17H2,1H3,(H2,26,27,28,32)/b16-14+. The van der Waals surface area contributed by atoms with Gasteiger partial charge in [0.15, 0.2) is 5.11 Å². The van der Waals surface area contributed by atoms with Gasteiger partial charge in [-0.15, -0.1) is 0 Å². The molecule has 1 amide bonds. The number of carbonyl (C=O) groups is 2. The van der Waals surface area contributed by atoms with Crippen LogP contribution in [0.5, 0.6) is 0 Å². The number of ether oxygens (including phenoxy) is 1. The Labute approximate surface area is 192 Å². The molecule has 2 N–H and O–H groups in total. The third-order valence-corrected chi connectivity index (χ3v) is 4.63. The van der Waals surface area contributed by atoms with E-state index in [4.69, 9.17) is 21.4 Å². The van der Waals surface area contributed by atoms with Crippen LogP contribution in [0.15, 0.2) is 77.2 Å². The molecule has 0 unspecified atom stereocenters. The van der Waals surface area contributed by atoms with Gasteiger partial charge < -0.3 is 14.5 Å². The Morgan fingerprint density at radius 3 is 2.50 bits per heavy atom. The SMILES string of the molecule is CCCCOC(=O)c1ccc(NC(=S)NC(=O)/C=C/c2ccc(-c3ccccc3)o2)cc1. The molecule has 0 saturated heterocycles. The number of benzene rings is 2. The van der Waals surface area contributed by atoms with Crippen molar-refractivity contribution in [1.29, 1.82) is 0 Å². The zero-order valence-electron chi connectivity index (χ0n) is 17.7. The summed E-state index contributed by atoms with van der Waals surface area (Å²) in [4.78, 5) is 24.1. The third kappa shape index (κ3) is 6.92. The number of anilines is 1. The van der Waals surface area contributed by atoms with Crippen molar-refractivity contribution in [3.63, 3.8) is 0 Å². The van der Waals surface area contributed by atoms with Crippen molar-refractivity contribution in [3.8, 4) is 11.3 Å². The highest BCUT2D eigenvalue weighted by molar-refractivity contribution is 7.80. The fourth-order valence-corrected chi connectivity index (χ4v) is 2.97. The van der Waals surface area contributed by atoms with Crippen LogP contribution in [-0.4, -0.2) is 23.6 Å². The fraction of sp³-hybridized carbons (Fsp3) is 0.160. The van der Waals surface area contributed by atoms with Crippen LogP contribution in [0.1, 0.15) is 35.9 Å². The van der Waals surface area contributed by atoms with Crippen LogP contribution in [-0.2, 0) is 9.53 Å². The molecule has 32 heavy (non-hydrogen) atoms. The van der Waals surface area contributed by atoms with E-state index in [-0.39, 0.29) is 11.1 Å². The Morgan fingerprint density at radius 1 is 1.03 bits per heavy atom. The average molecular weight is 449 g/mol. The van der Waals surface area contributed by atoms with Gasteiger partial charge >= 0.3 is 5.97 Å². The van der Waals surface area contributed by atoms with Crippen molar-refractivity contribution < 1.29 is 18.7 Å². The molecule has 0 aliphatic carbocycles. The van der Waals surface area contributed by atoms with E-state index in [9.17, 15) is 9.59 Å². The topological polar surface area (TPSA) is 80.6 Å². The first-order valence-electron chi connectivity index (χ1n) is 10.3. The van der Waals surface area contributed by atoms with Gasteiger partial charge in [-0.1, -0.05) is 43.7 Å². The van der Waals surface area contributed by atoms with Gasteiger partial charge in [-0.3, -0.25) is 10.1 Å². The molecule has 2 aromatic carbocycles. The van der Waals surface area contributed by atoms with E-state index >= 15 is 0 Å². The molecule has 0 spiro atoms. The van der Waals surface area contributed by atoms with Gasteiger partial charge in [-0.2, -0.15) is 0 Å². The van der Waals surface area contributed by atoms with Gasteiger partial charge in [-0.05, 0) is 61.1 Å². The van der Waals surface area contributed by atoms with E-state index in [2.05, 4.69) is 10.6 Å². The lowest BCUT2D eigenvalue weighted by atomic mass is 10.2. The molecule has 0 saturated carbocycles. The molecule has 0 radical (unpaired) electrons. The normalized spacial score (nSPS) is 10.7. The van der Waals surface area contributed by atoms with Crippen LogP contribution in [0.4, 0.5) is 5.69 Å². The molecule has 6 nitrogen and oxygen atoms in total. The molecule has 1 aromatic heterocycles. The van der Waals surface area contributed by atoms with E-state index in [1.807, 2.05) is 43.3 Å². The Balaban J connectivity index is 1.48. The number of esters is 1. The highest BCUT2D eigenvalue weighted by Crippen LogP contribution is 2.22. The molecule has 164 valence electrons. The van der Waals surface area contributed by atoms with Gasteiger partial charge in [0.05, 0.1) is 12.2 Å². The van der Waals surface area contributed by atoms with Crippen LogP contribution in [0.25, 0.3) is 17.4 Å². The van der Waals surface area contributed by atoms with Gasteiger partial charge in [-0.25, -0.2) is 4.79 Å². The Kier molecular flexibility index (Phi) is 8.34. The molecule has 0 fully saturated rings. The Hall–Kier alpha value is -3.71. The number of amides is 1. The number of hydrogen-bond donors (Lipinski definition) is 2. The largest absolute Gasteiger partial charge is 0.462 e. The lowest BCUT2D eigenvalue weighted by Crippen LogP contribution is -2.32. The van der Waals surface area contributed by atoms with E-state index in [1.165, 1.54) is 6.08 Å². The molecule has 7 heteroatoms. The molecule has 0 aliphatic rings. The molecule has 0 aliphatic heterocycles. The first kappa shape index (κ1) is 23.0. The van der Waals surface area contributed by atoms with Gasteiger partial charge in [0, 0.05) is 17.3 Å². The summed E-state index contributed by atoms with van der Waals surface area (Å²) < 4.78 is 10.9. The molecular weight excluding hydrogens is 424 g/mol. The van der Waals surface area contributed by atoms with E-state index in [0.717, 1.165) is 24.2 Å². The first-order valence-corrected chi connectivity index (χ1v) is 10.7. The van der Waals surface area contributed by atoms with Crippen LogP contribution < -0.4 is 10.6 Å². The quantitative estimate of drug-likeness (QED) is 0.207.